The Morgan fingerprint density at radius 3 is 2.42 bits per heavy atom. The quantitative estimate of drug-likeness (QED) is 0.429. The maximum atomic E-state index is 14.1. The number of hydrogen-bond acceptors (Lipinski definition) is 2. The summed E-state index contributed by atoms with van der Waals surface area (Å²) < 4.78 is 16.3. The highest BCUT2D eigenvalue weighted by molar-refractivity contribution is 7.86. The first-order valence-electron chi connectivity index (χ1n) is 10.8. The second-order valence-corrected chi connectivity index (χ2v) is 10.5. The van der Waals surface area contributed by atoms with E-state index in [9.17, 15) is 4.21 Å². The van der Waals surface area contributed by atoms with Crippen molar-refractivity contribution in [2.24, 2.45) is 0 Å². The van der Waals surface area contributed by atoms with Gasteiger partial charge in [0.25, 0.3) is 0 Å². The minimum atomic E-state index is -1.30. The molecule has 0 fully saturated rings. The van der Waals surface area contributed by atoms with Crippen molar-refractivity contribution < 1.29 is 4.21 Å². The normalized spacial score (nSPS) is 25.4. The maximum Gasteiger partial charge on any atom is 0.155 e. The molecule has 0 bridgehead atoms. The van der Waals surface area contributed by atoms with Gasteiger partial charge in [-0.15, -0.1) is 0 Å². The van der Waals surface area contributed by atoms with E-state index in [1.54, 1.807) is 0 Å². The average molecular weight is 423 g/mol. The summed E-state index contributed by atoms with van der Waals surface area (Å²) in [6.07, 6.45) is 8.67. The Hall–Kier alpha value is -3.11. The zero-order valence-electron chi connectivity index (χ0n) is 17.4. The Kier molecular flexibility index (Phi) is 3.27. The van der Waals surface area contributed by atoms with Crippen LogP contribution < -0.4 is 9.21 Å². The molecule has 3 aromatic carbocycles. The van der Waals surface area contributed by atoms with Crippen LogP contribution in [0.2, 0.25) is 0 Å². The first-order valence-corrected chi connectivity index (χ1v) is 11.9. The third kappa shape index (κ3) is 2.02. The van der Waals surface area contributed by atoms with Gasteiger partial charge in [-0.25, -0.2) is 4.21 Å². The summed E-state index contributed by atoms with van der Waals surface area (Å²) in [6.45, 7) is 4.61. The highest BCUT2D eigenvalue weighted by Crippen LogP contribution is 2.62. The summed E-state index contributed by atoms with van der Waals surface area (Å²) >= 11 is 0. The summed E-state index contributed by atoms with van der Waals surface area (Å²) in [5, 5.41) is 0. The lowest BCUT2D eigenvalue weighted by Crippen LogP contribution is -2.34. The van der Waals surface area contributed by atoms with Gasteiger partial charge in [0.1, 0.15) is 0 Å². The zero-order valence-corrected chi connectivity index (χ0v) is 18.3. The Balaban J connectivity index is 1.67. The number of benzene rings is 3. The van der Waals surface area contributed by atoms with Crippen LogP contribution in [0.15, 0.2) is 89.9 Å². The van der Waals surface area contributed by atoms with Gasteiger partial charge in [0.2, 0.25) is 0 Å². The minimum Gasteiger partial charge on any atom is -0.306 e. The van der Waals surface area contributed by atoms with Gasteiger partial charge < -0.3 is 4.90 Å². The third-order valence-corrected chi connectivity index (χ3v) is 8.83. The molecule has 0 saturated heterocycles. The Morgan fingerprint density at radius 1 is 0.806 bits per heavy atom. The third-order valence-electron chi connectivity index (χ3n) is 7.33. The van der Waals surface area contributed by atoms with Crippen molar-refractivity contribution in [1.29, 1.82) is 0 Å². The molecule has 4 aliphatic rings. The smallest absolute Gasteiger partial charge is 0.155 e. The van der Waals surface area contributed by atoms with Gasteiger partial charge in [-0.05, 0) is 34.9 Å². The summed E-state index contributed by atoms with van der Waals surface area (Å²) in [7, 11) is -1.30. The van der Waals surface area contributed by atoms with E-state index in [0.29, 0.717) is 0 Å². The van der Waals surface area contributed by atoms with Crippen molar-refractivity contribution >= 4 is 33.7 Å². The predicted molar refractivity (Wildman–Crippen MR) is 127 cm³/mol. The molecule has 0 N–H and O–H groups in total. The standard InChI is InChI=1S/C27H22N2OS/c1-27(2)19-10-4-6-12-22(19)28-23-13-7-8-14-24(23)31(30)29-21-11-5-3-9-17(21)18-15-16-20(27)26(28)25(18)29/h3-17,21H,1-2H3. The second kappa shape index (κ2) is 5.77. The van der Waals surface area contributed by atoms with Crippen LogP contribution in [0, 0.1) is 0 Å². The van der Waals surface area contributed by atoms with Gasteiger partial charge in [-0.2, -0.15) is 0 Å². The SMILES string of the molecule is CC1(C)c2ccccc2N2c3ccccc3S(=O)N3c4c(ccc1c42)C1C=CC=CC13. The number of para-hydroxylation sites is 2. The van der Waals surface area contributed by atoms with Crippen LogP contribution in [0.5, 0.6) is 0 Å². The topological polar surface area (TPSA) is 23.6 Å². The average Bonchev–Trinajstić information content (AvgIpc) is 3.08. The monoisotopic (exact) mass is 422 g/mol. The van der Waals surface area contributed by atoms with E-state index in [1.165, 1.54) is 28.1 Å². The number of hydrogen-bond donors (Lipinski definition) is 0. The molecule has 7 rings (SSSR count). The van der Waals surface area contributed by atoms with Crippen LogP contribution in [0.25, 0.3) is 0 Å². The molecule has 3 unspecified atom stereocenters. The van der Waals surface area contributed by atoms with E-state index in [4.69, 9.17) is 0 Å². The molecule has 4 heteroatoms. The fourth-order valence-corrected chi connectivity index (χ4v) is 7.41. The molecular formula is C27H22N2OS. The second-order valence-electron chi connectivity index (χ2n) is 9.21. The Labute approximate surface area is 184 Å². The number of rotatable bonds is 0. The summed E-state index contributed by atoms with van der Waals surface area (Å²) in [6, 6.07) is 21.5. The van der Waals surface area contributed by atoms with E-state index < -0.39 is 11.0 Å². The summed E-state index contributed by atoms with van der Waals surface area (Å²) in [5.41, 5.74) is 8.22. The molecule has 31 heavy (non-hydrogen) atoms. The van der Waals surface area contributed by atoms with Crippen LogP contribution >= 0.6 is 0 Å². The number of nitrogens with zero attached hydrogens (tertiary/aromatic N) is 2. The number of anilines is 4. The van der Waals surface area contributed by atoms with Gasteiger partial charge in [-0.1, -0.05) is 80.6 Å². The lowest BCUT2D eigenvalue weighted by Gasteiger charge is -2.42. The molecule has 0 saturated carbocycles. The van der Waals surface area contributed by atoms with Gasteiger partial charge >= 0.3 is 0 Å². The van der Waals surface area contributed by atoms with E-state index in [1.807, 2.05) is 12.1 Å². The Bertz CT molecular complexity index is 1370. The van der Waals surface area contributed by atoms with Crippen molar-refractivity contribution in [2.75, 3.05) is 9.21 Å². The minimum absolute atomic E-state index is 0.0700. The molecule has 0 aromatic heterocycles. The fourth-order valence-electron chi connectivity index (χ4n) is 5.88. The van der Waals surface area contributed by atoms with Crippen molar-refractivity contribution in [1.82, 2.24) is 0 Å². The fraction of sp³-hybridized carbons (Fsp3) is 0.185. The van der Waals surface area contributed by atoms with Crippen LogP contribution in [0.1, 0.15) is 36.5 Å². The lowest BCUT2D eigenvalue weighted by atomic mass is 9.72. The molecule has 0 spiro atoms. The molecule has 3 aliphatic heterocycles. The van der Waals surface area contributed by atoms with Crippen molar-refractivity contribution in [3.63, 3.8) is 0 Å². The van der Waals surface area contributed by atoms with Gasteiger partial charge in [0, 0.05) is 11.3 Å². The van der Waals surface area contributed by atoms with Crippen LogP contribution in [0.3, 0.4) is 0 Å². The molecule has 1 aliphatic carbocycles. The molecule has 152 valence electrons. The van der Waals surface area contributed by atoms with E-state index >= 15 is 0 Å². The van der Waals surface area contributed by atoms with Gasteiger partial charge in [0.15, 0.2) is 11.0 Å². The summed E-state index contributed by atoms with van der Waals surface area (Å²) in [5.74, 6) is 0.224. The predicted octanol–water partition coefficient (Wildman–Crippen LogP) is 6.23. The largest absolute Gasteiger partial charge is 0.306 e. The zero-order chi connectivity index (χ0) is 20.9. The molecule has 3 atom stereocenters. The first kappa shape index (κ1) is 17.6. The van der Waals surface area contributed by atoms with Crippen molar-refractivity contribution in [2.45, 2.75) is 36.1 Å². The van der Waals surface area contributed by atoms with E-state index in [2.05, 4.69) is 95.9 Å². The highest BCUT2D eigenvalue weighted by atomic mass is 32.2. The maximum absolute atomic E-state index is 14.1. The van der Waals surface area contributed by atoms with Crippen LogP contribution in [-0.4, -0.2) is 10.3 Å². The number of fused-ring (bicyclic) bond motifs is 7. The molecule has 0 radical (unpaired) electrons. The number of allylic oxidation sites excluding steroid dienone is 2. The van der Waals surface area contributed by atoms with Crippen molar-refractivity contribution in [3.05, 3.63) is 102 Å². The van der Waals surface area contributed by atoms with E-state index in [-0.39, 0.29) is 17.4 Å². The molecule has 0 amide bonds. The van der Waals surface area contributed by atoms with Crippen LogP contribution in [-0.2, 0) is 16.4 Å². The summed E-state index contributed by atoms with van der Waals surface area (Å²) in [4.78, 5) is 3.24. The molecule has 3 aromatic rings. The molecule has 3 heterocycles. The molecule has 3 nitrogen and oxygen atoms in total. The lowest BCUT2D eigenvalue weighted by molar-refractivity contribution is 0.632. The van der Waals surface area contributed by atoms with Crippen molar-refractivity contribution in [3.8, 4) is 0 Å². The Morgan fingerprint density at radius 2 is 1.55 bits per heavy atom. The molecular weight excluding hydrogens is 400 g/mol. The first-order chi connectivity index (χ1) is 15.1. The van der Waals surface area contributed by atoms with Gasteiger partial charge in [-0.3, -0.25) is 4.31 Å². The highest BCUT2D eigenvalue weighted by Gasteiger charge is 2.49. The van der Waals surface area contributed by atoms with E-state index in [0.717, 1.165) is 16.3 Å². The van der Waals surface area contributed by atoms with Crippen LogP contribution in [0.4, 0.5) is 22.7 Å². The van der Waals surface area contributed by atoms with Gasteiger partial charge in [0.05, 0.1) is 33.7 Å².